The number of allylic oxidation sites excluding steroid dienone is 2. The maximum Gasteiger partial charge on any atom is 0.251 e. The molecule has 0 spiro atoms. The molecule has 1 aliphatic heterocycles. The van der Waals surface area contributed by atoms with Crippen LogP contribution in [0.15, 0.2) is 97.4 Å². The van der Waals surface area contributed by atoms with Crippen molar-refractivity contribution in [2.24, 2.45) is 7.05 Å². The van der Waals surface area contributed by atoms with Crippen LogP contribution >= 0.6 is 0 Å². The Morgan fingerprint density at radius 1 is 1.29 bits per heavy atom. The minimum atomic E-state index is -0.169. The number of rotatable bonds is 8. The van der Waals surface area contributed by atoms with E-state index in [0.29, 0.717) is 29.4 Å². The van der Waals surface area contributed by atoms with Crippen LogP contribution in [0, 0.1) is 6.92 Å². The van der Waals surface area contributed by atoms with E-state index in [1.54, 1.807) is 35.3 Å². The van der Waals surface area contributed by atoms with Crippen LogP contribution < -0.4 is 15.4 Å². The zero-order chi connectivity index (χ0) is 24.8. The summed E-state index contributed by atoms with van der Waals surface area (Å²) in [6.07, 6.45) is 14.9. The van der Waals surface area contributed by atoms with Gasteiger partial charge in [0.2, 0.25) is 0 Å². The molecule has 8 heteroatoms. The van der Waals surface area contributed by atoms with Crippen molar-refractivity contribution in [3.8, 4) is 11.5 Å². The van der Waals surface area contributed by atoms with E-state index in [9.17, 15) is 4.79 Å². The first kappa shape index (κ1) is 23.6. The zero-order valence-electron chi connectivity index (χ0n) is 20.0. The number of nitrogens with zero attached hydrogens (tertiary/aromatic N) is 4. The van der Waals surface area contributed by atoms with Gasteiger partial charge >= 0.3 is 0 Å². The second-order valence-corrected chi connectivity index (χ2v) is 8.03. The molecular formula is C27H28N6O2. The monoisotopic (exact) mass is 468 g/mol. The Labute approximate surface area is 204 Å². The Kier molecular flexibility index (Phi) is 7.11. The normalized spacial score (nSPS) is 13.2. The van der Waals surface area contributed by atoms with Crippen molar-refractivity contribution in [1.29, 1.82) is 0 Å². The SMILES string of the molecule is C=C1C=C(CNC(=O)c2cccc(Oc3ccnc(Nc4cnn(C)c4)c3)c2C)C=CN1/C=C\C. The second kappa shape index (κ2) is 10.6. The summed E-state index contributed by atoms with van der Waals surface area (Å²) in [6.45, 7) is 8.27. The summed E-state index contributed by atoms with van der Waals surface area (Å²) < 4.78 is 7.81. The van der Waals surface area contributed by atoms with Crippen LogP contribution in [0.2, 0.25) is 0 Å². The molecule has 178 valence electrons. The van der Waals surface area contributed by atoms with Crippen molar-refractivity contribution in [2.75, 3.05) is 11.9 Å². The van der Waals surface area contributed by atoms with Gasteiger partial charge in [-0.2, -0.15) is 5.10 Å². The Morgan fingerprint density at radius 2 is 2.14 bits per heavy atom. The van der Waals surface area contributed by atoms with E-state index in [-0.39, 0.29) is 5.91 Å². The number of amides is 1. The standard InChI is InChI=1S/C27H28N6O2/c1-5-12-33-13-10-21(14-19(33)2)16-29-27(34)24-7-6-8-25(20(24)3)35-23-9-11-28-26(15-23)31-22-17-30-32(4)18-22/h5-15,17-18H,2,16H2,1,3-4H3,(H,28,31)(H,29,34)/b12-5-. The Balaban J connectivity index is 1.42. The highest BCUT2D eigenvalue weighted by atomic mass is 16.5. The van der Waals surface area contributed by atoms with Gasteiger partial charge in [0.1, 0.15) is 17.3 Å². The number of carbonyl (C=O) groups excluding carboxylic acids is 1. The molecule has 0 radical (unpaired) electrons. The lowest BCUT2D eigenvalue weighted by atomic mass is 10.1. The van der Waals surface area contributed by atoms with Crippen molar-refractivity contribution in [3.63, 3.8) is 0 Å². The van der Waals surface area contributed by atoms with E-state index in [2.05, 4.69) is 27.3 Å². The average Bonchev–Trinajstić information content (AvgIpc) is 3.25. The van der Waals surface area contributed by atoms with E-state index in [1.165, 1.54) is 0 Å². The largest absolute Gasteiger partial charge is 0.457 e. The number of ether oxygens (including phenoxy) is 1. The molecule has 1 aliphatic rings. The Morgan fingerprint density at radius 3 is 2.89 bits per heavy atom. The van der Waals surface area contributed by atoms with Crippen molar-refractivity contribution < 1.29 is 9.53 Å². The summed E-state index contributed by atoms with van der Waals surface area (Å²) in [5.41, 5.74) is 3.95. The van der Waals surface area contributed by atoms with Crippen LogP contribution in [-0.2, 0) is 7.05 Å². The maximum atomic E-state index is 12.9. The number of aryl methyl sites for hydroxylation is 1. The first-order valence-electron chi connectivity index (χ1n) is 11.2. The predicted octanol–water partition coefficient (Wildman–Crippen LogP) is 5.19. The van der Waals surface area contributed by atoms with Gasteiger partial charge in [0, 0.05) is 61.3 Å². The van der Waals surface area contributed by atoms with Gasteiger partial charge in [-0.25, -0.2) is 4.98 Å². The van der Waals surface area contributed by atoms with Crippen LogP contribution in [0.3, 0.4) is 0 Å². The smallest absolute Gasteiger partial charge is 0.251 e. The van der Waals surface area contributed by atoms with Crippen LogP contribution in [0.25, 0.3) is 0 Å². The van der Waals surface area contributed by atoms with E-state index < -0.39 is 0 Å². The average molecular weight is 469 g/mol. The number of anilines is 2. The molecule has 8 nitrogen and oxygen atoms in total. The molecule has 35 heavy (non-hydrogen) atoms. The predicted molar refractivity (Wildman–Crippen MR) is 137 cm³/mol. The van der Waals surface area contributed by atoms with E-state index in [0.717, 1.165) is 22.5 Å². The summed E-state index contributed by atoms with van der Waals surface area (Å²) in [5.74, 6) is 1.67. The van der Waals surface area contributed by atoms with Crippen molar-refractivity contribution in [2.45, 2.75) is 13.8 Å². The number of aromatic nitrogens is 3. The molecular weight excluding hydrogens is 440 g/mol. The topological polar surface area (TPSA) is 84.3 Å². The third-order valence-electron chi connectivity index (χ3n) is 5.36. The number of benzene rings is 1. The number of pyridine rings is 1. The summed E-state index contributed by atoms with van der Waals surface area (Å²) >= 11 is 0. The van der Waals surface area contributed by atoms with E-state index in [1.807, 2.05) is 74.8 Å². The van der Waals surface area contributed by atoms with Crippen LogP contribution in [0.4, 0.5) is 11.5 Å². The number of hydrogen-bond donors (Lipinski definition) is 2. The lowest BCUT2D eigenvalue weighted by Crippen LogP contribution is -2.27. The van der Waals surface area contributed by atoms with Gasteiger partial charge in [-0.1, -0.05) is 18.7 Å². The molecule has 0 saturated carbocycles. The molecule has 0 unspecified atom stereocenters. The molecule has 0 saturated heterocycles. The van der Waals surface area contributed by atoms with Crippen molar-refractivity contribution >= 4 is 17.4 Å². The fourth-order valence-electron chi connectivity index (χ4n) is 3.58. The van der Waals surface area contributed by atoms with Gasteiger partial charge in [-0.3, -0.25) is 9.48 Å². The van der Waals surface area contributed by atoms with Gasteiger partial charge in [-0.15, -0.1) is 0 Å². The molecule has 2 N–H and O–H groups in total. The van der Waals surface area contributed by atoms with Crippen LogP contribution in [-0.4, -0.2) is 32.1 Å². The molecule has 0 fully saturated rings. The van der Waals surface area contributed by atoms with Gasteiger partial charge in [-0.05, 0) is 49.8 Å². The van der Waals surface area contributed by atoms with Gasteiger partial charge in [0.25, 0.3) is 5.91 Å². The fourth-order valence-corrected chi connectivity index (χ4v) is 3.58. The Bertz CT molecular complexity index is 1330. The second-order valence-electron chi connectivity index (χ2n) is 8.03. The maximum absolute atomic E-state index is 12.9. The lowest BCUT2D eigenvalue weighted by molar-refractivity contribution is 0.0956. The lowest BCUT2D eigenvalue weighted by Gasteiger charge is -2.21. The molecule has 0 atom stereocenters. The third kappa shape index (κ3) is 5.86. The molecule has 3 aromatic rings. The molecule has 1 amide bonds. The Hall–Kier alpha value is -4.59. The molecule has 0 bridgehead atoms. The minimum Gasteiger partial charge on any atom is -0.457 e. The summed E-state index contributed by atoms with van der Waals surface area (Å²) in [6, 6.07) is 9.01. The summed E-state index contributed by atoms with van der Waals surface area (Å²) in [7, 11) is 1.85. The van der Waals surface area contributed by atoms with Gasteiger partial charge in [0.05, 0.1) is 11.9 Å². The summed E-state index contributed by atoms with van der Waals surface area (Å²) in [4.78, 5) is 19.2. The first-order valence-corrected chi connectivity index (χ1v) is 11.2. The number of hydrogen-bond acceptors (Lipinski definition) is 6. The first-order chi connectivity index (χ1) is 16.9. The highest BCUT2D eigenvalue weighted by Gasteiger charge is 2.14. The van der Waals surface area contributed by atoms with Crippen LogP contribution in [0.5, 0.6) is 11.5 Å². The highest BCUT2D eigenvalue weighted by Crippen LogP contribution is 2.29. The quantitative estimate of drug-likeness (QED) is 0.473. The number of nitrogens with one attached hydrogen (secondary N) is 2. The van der Waals surface area contributed by atoms with E-state index >= 15 is 0 Å². The van der Waals surface area contributed by atoms with Gasteiger partial charge in [0.15, 0.2) is 0 Å². The zero-order valence-corrected chi connectivity index (χ0v) is 20.0. The van der Waals surface area contributed by atoms with Crippen molar-refractivity contribution in [1.82, 2.24) is 25.0 Å². The molecule has 2 aromatic heterocycles. The van der Waals surface area contributed by atoms with Crippen molar-refractivity contribution in [3.05, 3.63) is 109 Å². The van der Waals surface area contributed by atoms with E-state index in [4.69, 9.17) is 4.74 Å². The molecule has 4 rings (SSSR count). The molecule has 0 aliphatic carbocycles. The van der Waals surface area contributed by atoms with Crippen LogP contribution in [0.1, 0.15) is 22.8 Å². The highest BCUT2D eigenvalue weighted by molar-refractivity contribution is 5.96. The molecule has 1 aromatic carbocycles. The fraction of sp³-hybridized carbons (Fsp3) is 0.148. The summed E-state index contributed by atoms with van der Waals surface area (Å²) in [5, 5.41) is 10.3. The molecule has 3 heterocycles. The number of carbonyl (C=O) groups is 1. The van der Waals surface area contributed by atoms with Gasteiger partial charge < -0.3 is 20.3 Å². The third-order valence-corrected chi connectivity index (χ3v) is 5.36. The minimum absolute atomic E-state index is 0.169.